The first-order chi connectivity index (χ1) is 38.0. The molecule has 0 saturated heterocycles. The predicted molar refractivity (Wildman–Crippen MR) is 334 cm³/mol. The summed E-state index contributed by atoms with van der Waals surface area (Å²) in [6, 6.07) is 0. The van der Waals surface area contributed by atoms with Gasteiger partial charge in [-0.25, -0.2) is 0 Å². The summed E-state index contributed by atoms with van der Waals surface area (Å²) in [5, 5.41) is 0. The van der Waals surface area contributed by atoms with E-state index in [1.807, 2.05) is 0 Å². The molecular weight excluding hydrogens is 949 g/mol. The van der Waals surface area contributed by atoms with Crippen LogP contribution in [0.2, 0.25) is 0 Å². The number of carbonyl (C=O) groups excluding carboxylic acids is 3. The topological polar surface area (TPSA) is 78.9 Å². The van der Waals surface area contributed by atoms with Gasteiger partial charge in [0.05, 0.1) is 0 Å². The fraction of sp³-hybridized carbons (Fsp3) is 0.676. The van der Waals surface area contributed by atoms with E-state index in [1.165, 1.54) is 122 Å². The van der Waals surface area contributed by atoms with Crippen molar-refractivity contribution in [2.75, 3.05) is 13.2 Å². The van der Waals surface area contributed by atoms with Gasteiger partial charge in [0, 0.05) is 19.3 Å². The van der Waals surface area contributed by atoms with Gasteiger partial charge in [0.15, 0.2) is 6.10 Å². The molecule has 0 radical (unpaired) electrons. The van der Waals surface area contributed by atoms with E-state index in [-0.39, 0.29) is 31.1 Å². The molecule has 0 N–H and O–H groups in total. The molecule has 0 bridgehead atoms. The average molecular weight is 1070 g/mol. The van der Waals surface area contributed by atoms with Crippen LogP contribution in [0, 0.1) is 0 Å². The molecule has 438 valence electrons. The minimum absolute atomic E-state index is 0.0816. The van der Waals surface area contributed by atoms with E-state index in [9.17, 15) is 14.4 Å². The largest absolute Gasteiger partial charge is 0.462 e. The number of allylic oxidation sites excluding steroid dienone is 20. The maximum absolute atomic E-state index is 12.9. The zero-order chi connectivity index (χ0) is 55.7. The molecular formula is C71H118O6. The number of esters is 3. The van der Waals surface area contributed by atoms with E-state index < -0.39 is 6.10 Å². The Morgan fingerprint density at radius 3 is 0.792 bits per heavy atom. The summed E-state index contributed by atoms with van der Waals surface area (Å²) < 4.78 is 16.8. The minimum atomic E-state index is -0.783. The van der Waals surface area contributed by atoms with E-state index in [0.29, 0.717) is 19.3 Å². The van der Waals surface area contributed by atoms with Crippen molar-refractivity contribution in [3.05, 3.63) is 122 Å². The summed E-state index contributed by atoms with van der Waals surface area (Å²) in [6.45, 7) is 6.38. The molecule has 0 heterocycles. The lowest BCUT2D eigenvalue weighted by molar-refractivity contribution is -0.167. The van der Waals surface area contributed by atoms with Crippen LogP contribution in [0.5, 0.6) is 0 Å². The number of unbranched alkanes of at least 4 members (excludes halogenated alkanes) is 26. The molecule has 1 unspecified atom stereocenters. The molecule has 0 saturated carbocycles. The molecule has 0 aromatic carbocycles. The van der Waals surface area contributed by atoms with Gasteiger partial charge in [0.1, 0.15) is 13.2 Å². The Morgan fingerprint density at radius 2 is 0.506 bits per heavy atom. The Bertz CT molecular complexity index is 1600. The Balaban J connectivity index is 4.17. The lowest BCUT2D eigenvalue weighted by Crippen LogP contribution is -2.30. The van der Waals surface area contributed by atoms with Gasteiger partial charge in [0.25, 0.3) is 0 Å². The average Bonchev–Trinajstić information content (AvgIpc) is 3.43. The summed E-state index contributed by atoms with van der Waals surface area (Å²) >= 11 is 0. The number of carbonyl (C=O) groups is 3. The van der Waals surface area contributed by atoms with Gasteiger partial charge < -0.3 is 14.2 Å². The van der Waals surface area contributed by atoms with Crippen LogP contribution in [0.1, 0.15) is 290 Å². The lowest BCUT2D eigenvalue weighted by Gasteiger charge is -2.18. The van der Waals surface area contributed by atoms with Gasteiger partial charge in [0.2, 0.25) is 0 Å². The predicted octanol–water partition coefficient (Wildman–Crippen LogP) is 22.0. The minimum Gasteiger partial charge on any atom is -0.462 e. The smallest absolute Gasteiger partial charge is 0.306 e. The highest BCUT2D eigenvalue weighted by Crippen LogP contribution is 2.16. The Hall–Kier alpha value is -4.19. The van der Waals surface area contributed by atoms with Crippen LogP contribution in [-0.4, -0.2) is 37.2 Å². The van der Waals surface area contributed by atoms with E-state index in [2.05, 4.69) is 142 Å². The van der Waals surface area contributed by atoms with Crippen molar-refractivity contribution in [2.45, 2.75) is 297 Å². The summed E-state index contributed by atoms with van der Waals surface area (Å²) in [7, 11) is 0. The van der Waals surface area contributed by atoms with E-state index in [0.717, 1.165) is 128 Å². The summed E-state index contributed by atoms with van der Waals surface area (Å²) in [5.41, 5.74) is 0. The Kier molecular flexibility index (Phi) is 60.8. The van der Waals surface area contributed by atoms with E-state index >= 15 is 0 Å². The fourth-order valence-corrected chi connectivity index (χ4v) is 8.73. The molecule has 0 aromatic rings. The van der Waals surface area contributed by atoms with Crippen molar-refractivity contribution in [1.82, 2.24) is 0 Å². The summed E-state index contributed by atoms with van der Waals surface area (Å²) in [5.74, 6) is -0.893. The Labute approximate surface area is 475 Å². The van der Waals surface area contributed by atoms with Crippen LogP contribution in [0.4, 0.5) is 0 Å². The van der Waals surface area contributed by atoms with Crippen LogP contribution < -0.4 is 0 Å². The first kappa shape index (κ1) is 72.8. The first-order valence-corrected chi connectivity index (χ1v) is 32.0. The second-order valence-electron chi connectivity index (χ2n) is 20.9. The molecule has 0 spiro atoms. The molecule has 6 nitrogen and oxygen atoms in total. The van der Waals surface area contributed by atoms with Crippen LogP contribution in [0.15, 0.2) is 122 Å². The van der Waals surface area contributed by atoms with Gasteiger partial charge in [-0.15, -0.1) is 0 Å². The first-order valence-electron chi connectivity index (χ1n) is 32.0. The number of rotatable bonds is 57. The van der Waals surface area contributed by atoms with Crippen molar-refractivity contribution in [2.24, 2.45) is 0 Å². The highest BCUT2D eigenvalue weighted by atomic mass is 16.6. The molecule has 0 aliphatic heterocycles. The Morgan fingerprint density at radius 1 is 0.273 bits per heavy atom. The lowest BCUT2D eigenvalue weighted by atomic mass is 10.0. The normalized spacial score (nSPS) is 12.9. The zero-order valence-electron chi connectivity index (χ0n) is 50.2. The SMILES string of the molecule is CC/C=C\C/C=C\C/C=C\C/C=C\C/C=C\CCCCCCCCCCCCCC(=O)OCC(COC(=O)CCCCCCCCC)OC(=O)CCCCCCCCCCC/C=C\C/C=C\C/C=C\C/C=C\C/C=C\CC. The second-order valence-corrected chi connectivity index (χ2v) is 20.9. The van der Waals surface area contributed by atoms with Crippen LogP contribution in [0.25, 0.3) is 0 Å². The molecule has 77 heavy (non-hydrogen) atoms. The molecule has 0 amide bonds. The van der Waals surface area contributed by atoms with Crippen LogP contribution in [0.3, 0.4) is 0 Å². The molecule has 0 fully saturated rings. The van der Waals surface area contributed by atoms with Crippen molar-refractivity contribution < 1.29 is 28.6 Å². The zero-order valence-corrected chi connectivity index (χ0v) is 50.2. The third kappa shape index (κ3) is 62.5. The highest BCUT2D eigenvalue weighted by molar-refractivity contribution is 5.71. The number of hydrogen-bond donors (Lipinski definition) is 0. The van der Waals surface area contributed by atoms with Gasteiger partial charge in [-0.05, 0) is 109 Å². The third-order valence-corrected chi connectivity index (χ3v) is 13.5. The van der Waals surface area contributed by atoms with Gasteiger partial charge in [-0.1, -0.05) is 284 Å². The maximum atomic E-state index is 12.9. The molecule has 6 heteroatoms. The monoisotopic (exact) mass is 1070 g/mol. The van der Waals surface area contributed by atoms with Crippen molar-refractivity contribution in [3.8, 4) is 0 Å². The standard InChI is InChI=1S/C71H118O6/c1-4-7-10-13-16-18-20-22-24-26-28-30-32-34-35-37-38-40-42-44-46-48-50-52-55-58-61-64-70(73)76-67-68(66-75-69(72)63-60-57-54-15-12-9-6-3)77-71(74)65-62-59-56-53-51-49-47-45-43-41-39-36-33-31-29-27-25-23-21-19-17-14-11-8-5-2/h7-8,10-11,16-19,22-25,28-31,34-36,39,68H,4-6,9,12-15,20-21,26-27,32-33,37-38,40-67H2,1-3H3/b10-7-,11-8-,18-16-,19-17-,24-22-,25-23-,30-28-,31-29-,35-34-,39-36-. The maximum Gasteiger partial charge on any atom is 0.306 e. The second kappa shape index (κ2) is 64.3. The molecule has 0 aromatic heterocycles. The van der Waals surface area contributed by atoms with Crippen LogP contribution >= 0.6 is 0 Å². The molecule has 0 aliphatic rings. The molecule has 1 atom stereocenters. The van der Waals surface area contributed by atoms with Crippen molar-refractivity contribution in [1.29, 1.82) is 0 Å². The van der Waals surface area contributed by atoms with Gasteiger partial charge in [-0.2, -0.15) is 0 Å². The van der Waals surface area contributed by atoms with Gasteiger partial charge >= 0.3 is 17.9 Å². The summed E-state index contributed by atoms with van der Waals surface area (Å²) in [4.78, 5) is 38.1. The molecule has 0 rings (SSSR count). The quantitative estimate of drug-likeness (QED) is 0.0261. The van der Waals surface area contributed by atoms with Crippen molar-refractivity contribution >= 4 is 17.9 Å². The third-order valence-electron chi connectivity index (χ3n) is 13.5. The van der Waals surface area contributed by atoms with Gasteiger partial charge in [-0.3, -0.25) is 14.4 Å². The fourth-order valence-electron chi connectivity index (χ4n) is 8.73. The molecule has 0 aliphatic carbocycles. The van der Waals surface area contributed by atoms with Crippen molar-refractivity contribution in [3.63, 3.8) is 0 Å². The number of ether oxygens (including phenoxy) is 3. The van der Waals surface area contributed by atoms with E-state index in [1.54, 1.807) is 0 Å². The highest BCUT2D eigenvalue weighted by Gasteiger charge is 2.19. The van der Waals surface area contributed by atoms with E-state index in [4.69, 9.17) is 14.2 Å². The summed E-state index contributed by atoms with van der Waals surface area (Å²) in [6.07, 6.45) is 89.4. The number of hydrogen-bond acceptors (Lipinski definition) is 6. The van der Waals surface area contributed by atoms with Crippen LogP contribution in [-0.2, 0) is 28.6 Å².